The molecule has 0 bridgehead atoms. The Morgan fingerprint density at radius 1 is 1.06 bits per heavy atom. The van der Waals surface area contributed by atoms with E-state index in [4.69, 9.17) is 9.15 Å². The molecule has 0 aliphatic carbocycles. The number of aryl methyl sites for hydroxylation is 1. The Morgan fingerprint density at radius 3 is 2.43 bits per heavy atom. The molecule has 1 saturated heterocycles. The first kappa shape index (κ1) is 23.4. The molecule has 1 fully saturated rings. The lowest BCUT2D eigenvalue weighted by atomic mass is 9.81. The molecule has 3 aromatic rings. The summed E-state index contributed by atoms with van der Waals surface area (Å²) in [6.45, 7) is 8.63. The van der Waals surface area contributed by atoms with Gasteiger partial charge in [-0.3, -0.25) is 9.59 Å². The maximum Gasteiger partial charge on any atom is 0.251 e. The van der Waals surface area contributed by atoms with E-state index in [1.807, 2.05) is 43.3 Å². The zero-order valence-corrected chi connectivity index (χ0v) is 20.6. The van der Waals surface area contributed by atoms with Crippen molar-refractivity contribution in [3.8, 4) is 16.9 Å². The number of ether oxygens (including phenoxy) is 1. The van der Waals surface area contributed by atoms with Crippen LogP contribution in [0.1, 0.15) is 65.1 Å². The number of amides is 1. The second-order valence-corrected chi connectivity index (χ2v) is 10.1. The number of ketones is 1. The van der Waals surface area contributed by atoms with Crippen molar-refractivity contribution in [1.82, 2.24) is 10.2 Å². The largest absolute Gasteiger partial charge is 0.486 e. The van der Waals surface area contributed by atoms with E-state index in [0.717, 1.165) is 48.4 Å². The Bertz CT molecular complexity index is 1230. The van der Waals surface area contributed by atoms with Crippen molar-refractivity contribution in [2.24, 2.45) is 0 Å². The topological polar surface area (TPSA) is 71.8 Å². The van der Waals surface area contributed by atoms with Gasteiger partial charge in [-0.25, -0.2) is 0 Å². The Labute approximate surface area is 206 Å². The number of nitrogens with zero attached hydrogens (tertiary/aromatic N) is 1. The highest BCUT2D eigenvalue weighted by atomic mass is 16.5. The van der Waals surface area contributed by atoms with E-state index >= 15 is 0 Å². The number of furan rings is 1. The second-order valence-electron chi connectivity index (χ2n) is 10.1. The number of piperidine rings is 1. The van der Waals surface area contributed by atoms with Gasteiger partial charge in [-0.15, -0.1) is 0 Å². The Hall–Kier alpha value is -3.38. The lowest BCUT2D eigenvalue weighted by Crippen LogP contribution is -2.52. The molecule has 6 heteroatoms. The van der Waals surface area contributed by atoms with Gasteiger partial charge in [0.05, 0.1) is 24.8 Å². The van der Waals surface area contributed by atoms with Crippen molar-refractivity contribution >= 4 is 11.7 Å². The molecular formula is C29H32N2O4. The predicted octanol–water partition coefficient (Wildman–Crippen LogP) is 5.39. The first-order valence-corrected chi connectivity index (χ1v) is 12.3. The molecule has 0 atom stereocenters. The molecule has 2 aliphatic heterocycles. The highest BCUT2D eigenvalue weighted by molar-refractivity contribution is 6.01. The third-order valence-corrected chi connectivity index (χ3v) is 7.22. The SMILES string of the molecule is Cc1coc(CNC(=O)c2ccc(-c3ccc4c(c3)C(=O)CC3(CCN(C(C)C)CC3)O4)cc2)c1. The smallest absolute Gasteiger partial charge is 0.251 e. The van der Waals surface area contributed by atoms with Crippen LogP contribution in [0.15, 0.2) is 59.2 Å². The summed E-state index contributed by atoms with van der Waals surface area (Å²) in [6, 6.07) is 15.7. The van der Waals surface area contributed by atoms with Crippen molar-refractivity contribution in [3.05, 3.63) is 77.2 Å². The zero-order chi connectivity index (χ0) is 24.6. The molecule has 0 saturated carbocycles. The van der Waals surface area contributed by atoms with Crippen LogP contribution in [-0.4, -0.2) is 41.3 Å². The minimum absolute atomic E-state index is 0.148. The molecule has 2 aliphatic rings. The minimum atomic E-state index is -0.375. The van der Waals surface area contributed by atoms with Gasteiger partial charge in [-0.1, -0.05) is 18.2 Å². The zero-order valence-electron chi connectivity index (χ0n) is 20.6. The summed E-state index contributed by atoms with van der Waals surface area (Å²) in [5.74, 6) is 1.40. The van der Waals surface area contributed by atoms with Crippen molar-refractivity contribution in [1.29, 1.82) is 0 Å². The number of carbonyl (C=O) groups is 2. The van der Waals surface area contributed by atoms with Crippen LogP contribution < -0.4 is 10.1 Å². The summed E-state index contributed by atoms with van der Waals surface area (Å²) >= 11 is 0. The van der Waals surface area contributed by atoms with Gasteiger partial charge in [0.15, 0.2) is 5.78 Å². The highest BCUT2D eigenvalue weighted by Gasteiger charge is 2.43. The molecule has 5 rings (SSSR count). The van der Waals surface area contributed by atoms with Crippen molar-refractivity contribution < 1.29 is 18.7 Å². The van der Waals surface area contributed by atoms with Crippen molar-refractivity contribution in [2.45, 2.75) is 58.2 Å². The van der Waals surface area contributed by atoms with E-state index in [1.54, 1.807) is 18.4 Å². The summed E-state index contributed by atoms with van der Waals surface area (Å²) in [7, 11) is 0. The fourth-order valence-electron chi connectivity index (χ4n) is 5.07. The molecule has 0 unspecified atom stereocenters. The Kier molecular flexibility index (Phi) is 6.24. The van der Waals surface area contributed by atoms with Crippen molar-refractivity contribution in [2.75, 3.05) is 13.1 Å². The van der Waals surface area contributed by atoms with Gasteiger partial charge in [0, 0.05) is 37.5 Å². The van der Waals surface area contributed by atoms with Crippen molar-refractivity contribution in [3.63, 3.8) is 0 Å². The van der Waals surface area contributed by atoms with Gasteiger partial charge >= 0.3 is 0 Å². The van der Waals surface area contributed by atoms with Crippen LogP contribution in [-0.2, 0) is 6.54 Å². The minimum Gasteiger partial charge on any atom is -0.486 e. The number of benzene rings is 2. The molecular weight excluding hydrogens is 440 g/mol. The Balaban J connectivity index is 1.27. The van der Waals surface area contributed by atoms with Gasteiger partial charge in [0.1, 0.15) is 17.1 Å². The Morgan fingerprint density at radius 2 is 1.77 bits per heavy atom. The number of carbonyl (C=O) groups excluding carboxylic acids is 2. The summed E-state index contributed by atoms with van der Waals surface area (Å²) < 4.78 is 11.8. The average Bonchev–Trinajstić information content (AvgIpc) is 3.28. The van der Waals surface area contributed by atoms with Crippen LogP contribution in [0.5, 0.6) is 5.75 Å². The van der Waals surface area contributed by atoms with Crippen LogP contribution in [0.2, 0.25) is 0 Å². The number of fused-ring (bicyclic) bond motifs is 1. The van der Waals surface area contributed by atoms with Crippen LogP contribution in [0.3, 0.4) is 0 Å². The van der Waals surface area contributed by atoms with E-state index in [2.05, 4.69) is 24.1 Å². The van der Waals surface area contributed by atoms with Gasteiger partial charge < -0.3 is 19.4 Å². The fourth-order valence-corrected chi connectivity index (χ4v) is 5.07. The highest BCUT2D eigenvalue weighted by Crippen LogP contribution is 2.41. The van der Waals surface area contributed by atoms with Gasteiger partial charge in [-0.05, 0) is 67.8 Å². The molecule has 6 nitrogen and oxygen atoms in total. The van der Waals surface area contributed by atoms with Gasteiger partial charge in [0.2, 0.25) is 0 Å². The predicted molar refractivity (Wildman–Crippen MR) is 135 cm³/mol. The molecule has 0 radical (unpaired) electrons. The molecule has 1 amide bonds. The normalized spacial score (nSPS) is 17.3. The second kappa shape index (κ2) is 9.34. The van der Waals surface area contributed by atoms with E-state index in [-0.39, 0.29) is 17.3 Å². The molecule has 1 N–H and O–H groups in total. The van der Waals surface area contributed by atoms with E-state index in [0.29, 0.717) is 35.9 Å². The lowest BCUT2D eigenvalue weighted by molar-refractivity contribution is -0.0153. The van der Waals surface area contributed by atoms with Crippen LogP contribution in [0.4, 0.5) is 0 Å². The molecule has 1 spiro atoms. The summed E-state index contributed by atoms with van der Waals surface area (Å²) in [5.41, 5.74) is 3.76. The summed E-state index contributed by atoms with van der Waals surface area (Å²) in [6.07, 6.45) is 3.85. The van der Waals surface area contributed by atoms with Crippen LogP contribution in [0, 0.1) is 6.92 Å². The number of hydrogen-bond acceptors (Lipinski definition) is 5. The number of nitrogens with one attached hydrogen (secondary N) is 1. The van der Waals surface area contributed by atoms with E-state index in [9.17, 15) is 9.59 Å². The van der Waals surface area contributed by atoms with E-state index in [1.165, 1.54) is 0 Å². The summed E-state index contributed by atoms with van der Waals surface area (Å²) in [4.78, 5) is 28.1. The first-order chi connectivity index (χ1) is 16.8. The third-order valence-electron chi connectivity index (χ3n) is 7.22. The number of hydrogen-bond donors (Lipinski definition) is 1. The average molecular weight is 473 g/mol. The number of rotatable bonds is 5. The standard InChI is InChI=1S/C29H32N2O4/c1-19(2)31-12-10-29(11-13-31)16-26(32)25-15-23(8-9-27(25)35-29)21-4-6-22(7-5-21)28(33)30-17-24-14-20(3)18-34-24/h4-9,14-15,18-19H,10-13,16-17H2,1-3H3,(H,30,33). The van der Waals surface area contributed by atoms with Gasteiger partial charge in [-0.2, -0.15) is 0 Å². The van der Waals surface area contributed by atoms with E-state index < -0.39 is 0 Å². The number of Topliss-reactive ketones (excluding diaryl/α,β-unsaturated/α-hetero) is 1. The first-order valence-electron chi connectivity index (χ1n) is 12.3. The molecule has 182 valence electrons. The van der Waals surface area contributed by atoms with Crippen LogP contribution >= 0.6 is 0 Å². The fraction of sp³-hybridized carbons (Fsp3) is 0.379. The third kappa shape index (κ3) is 4.89. The molecule has 2 aromatic carbocycles. The number of likely N-dealkylation sites (tertiary alicyclic amines) is 1. The van der Waals surface area contributed by atoms with Crippen LogP contribution in [0.25, 0.3) is 11.1 Å². The maximum absolute atomic E-state index is 13.1. The molecule has 1 aromatic heterocycles. The molecule has 35 heavy (non-hydrogen) atoms. The lowest BCUT2D eigenvalue weighted by Gasteiger charge is -2.45. The quantitative estimate of drug-likeness (QED) is 0.539. The van der Waals surface area contributed by atoms with Gasteiger partial charge in [0.25, 0.3) is 5.91 Å². The monoisotopic (exact) mass is 472 g/mol. The molecule has 3 heterocycles. The summed E-state index contributed by atoms with van der Waals surface area (Å²) in [5, 5.41) is 2.87. The maximum atomic E-state index is 13.1.